The third-order valence-electron chi connectivity index (χ3n) is 5.21. The van der Waals surface area contributed by atoms with E-state index >= 15 is 0 Å². The van der Waals surface area contributed by atoms with Gasteiger partial charge in [0.05, 0.1) is 41.1 Å². The fraction of sp³-hybridized carbons (Fsp3) is 0.0909. The molecule has 1 aromatic heterocycles. The summed E-state index contributed by atoms with van der Waals surface area (Å²) < 4.78 is 5.52. The number of rotatable bonds is 3. The van der Waals surface area contributed by atoms with Crippen LogP contribution in [0.15, 0.2) is 60.3 Å². The van der Waals surface area contributed by atoms with Gasteiger partial charge in [0.2, 0.25) is 0 Å². The van der Waals surface area contributed by atoms with Crippen molar-refractivity contribution in [1.82, 2.24) is 9.88 Å². The minimum atomic E-state index is -0.113. The van der Waals surface area contributed by atoms with Crippen LogP contribution in [-0.2, 0) is 6.54 Å². The van der Waals surface area contributed by atoms with E-state index in [0.29, 0.717) is 39.8 Å². The third-order valence-corrected chi connectivity index (χ3v) is 5.52. The van der Waals surface area contributed by atoms with E-state index in [9.17, 15) is 4.79 Å². The predicted octanol–water partition coefficient (Wildman–Crippen LogP) is 4.56. The summed E-state index contributed by atoms with van der Waals surface area (Å²) in [5.74, 6) is 0.543. The number of nitrogens with zero attached hydrogens (tertiary/aromatic N) is 2. The lowest BCUT2D eigenvalue weighted by atomic mass is 9.98. The van der Waals surface area contributed by atoms with Gasteiger partial charge in [-0.1, -0.05) is 41.9 Å². The minimum Gasteiger partial charge on any atom is -0.496 e. The van der Waals surface area contributed by atoms with Crippen LogP contribution in [0.5, 0.6) is 5.75 Å². The minimum absolute atomic E-state index is 0.113. The number of nitrogen functional groups attached to an aromatic ring is 1. The Balaban J connectivity index is 1.76. The van der Waals surface area contributed by atoms with Crippen molar-refractivity contribution >= 4 is 34.1 Å². The van der Waals surface area contributed by atoms with Gasteiger partial charge >= 0.3 is 0 Å². The van der Waals surface area contributed by atoms with Crippen molar-refractivity contribution in [2.75, 3.05) is 12.8 Å². The molecule has 5 rings (SSSR count). The summed E-state index contributed by atoms with van der Waals surface area (Å²) in [6, 6.07) is 11.2. The van der Waals surface area contributed by atoms with E-state index in [1.165, 1.54) is 0 Å². The Hall–Kier alpha value is -3.31. The van der Waals surface area contributed by atoms with Crippen LogP contribution in [0.3, 0.4) is 0 Å². The number of pyridine rings is 1. The molecule has 0 saturated carbocycles. The lowest BCUT2D eigenvalue weighted by Gasteiger charge is -2.19. The molecule has 0 fully saturated rings. The van der Waals surface area contributed by atoms with Crippen LogP contribution in [-0.4, -0.2) is 22.9 Å². The molecule has 3 aromatic rings. The van der Waals surface area contributed by atoms with Gasteiger partial charge in [0.15, 0.2) is 0 Å². The summed E-state index contributed by atoms with van der Waals surface area (Å²) >= 11 is 6.50. The molecule has 0 unspecified atom stereocenters. The number of amides is 1. The highest BCUT2D eigenvalue weighted by molar-refractivity contribution is 6.34. The van der Waals surface area contributed by atoms with Crippen LogP contribution >= 0.6 is 11.6 Å². The summed E-state index contributed by atoms with van der Waals surface area (Å²) in [5, 5.41) is 1.29. The Kier molecular flexibility index (Phi) is 3.67. The summed E-state index contributed by atoms with van der Waals surface area (Å²) in [6.07, 6.45) is 5.71. The lowest BCUT2D eigenvalue weighted by Crippen LogP contribution is -2.24. The largest absolute Gasteiger partial charge is 0.496 e. The summed E-state index contributed by atoms with van der Waals surface area (Å²) in [4.78, 5) is 19.4. The fourth-order valence-electron chi connectivity index (χ4n) is 3.78. The maximum absolute atomic E-state index is 12.9. The van der Waals surface area contributed by atoms with Crippen LogP contribution in [0.1, 0.15) is 16.1 Å². The Morgan fingerprint density at radius 3 is 2.68 bits per heavy atom. The fourth-order valence-corrected chi connectivity index (χ4v) is 4.05. The molecule has 2 aliphatic rings. The van der Waals surface area contributed by atoms with Gasteiger partial charge in [0, 0.05) is 22.2 Å². The molecule has 5 nitrogen and oxygen atoms in total. The van der Waals surface area contributed by atoms with Gasteiger partial charge < -0.3 is 15.4 Å². The summed E-state index contributed by atoms with van der Waals surface area (Å²) in [7, 11) is 1.61. The van der Waals surface area contributed by atoms with E-state index < -0.39 is 0 Å². The molecule has 1 amide bonds. The standard InChI is InChI=1S/C22H16ClN3O2/c1-28-17-10-4-9-15(23)18(17)13-7-3-8-14-20(24)19-16(25-21(13)14)11-26(22(19)27)12-5-2-6-12/h2-10H,11H2,1H3,(H2,24,25). The number of fused-ring (bicyclic) bond motifs is 2. The number of para-hydroxylation sites is 1. The molecule has 0 radical (unpaired) electrons. The lowest BCUT2D eigenvalue weighted by molar-refractivity contribution is 0.0831. The normalized spacial score (nSPS) is 14.9. The van der Waals surface area contributed by atoms with Crippen LogP contribution in [0, 0.1) is 0 Å². The number of ether oxygens (including phenoxy) is 1. The van der Waals surface area contributed by atoms with Crippen molar-refractivity contribution in [3.8, 4) is 16.9 Å². The van der Waals surface area contributed by atoms with Crippen molar-refractivity contribution in [1.29, 1.82) is 0 Å². The van der Waals surface area contributed by atoms with E-state index in [1.807, 2.05) is 54.6 Å². The van der Waals surface area contributed by atoms with Gasteiger partial charge in [0.25, 0.3) is 5.91 Å². The van der Waals surface area contributed by atoms with E-state index in [4.69, 9.17) is 27.1 Å². The number of nitrogens with two attached hydrogens (primary N) is 1. The zero-order valence-electron chi connectivity index (χ0n) is 15.1. The van der Waals surface area contributed by atoms with E-state index in [0.717, 1.165) is 22.2 Å². The van der Waals surface area contributed by atoms with Gasteiger partial charge in [-0.2, -0.15) is 0 Å². The first-order valence-electron chi connectivity index (χ1n) is 8.84. The molecule has 138 valence electrons. The number of methoxy groups -OCH3 is 1. The first-order valence-corrected chi connectivity index (χ1v) is 9.22. The smallest absolute Gasteiger partial charge is 0.262 e. The summed E-state index contributed by atoms with van der Waals surface area (Å²) in [5.41, 5.74) is 11.2. The van der Waals surface area contributed by atoms with Crippen molar-refractivity contribution in [2.45, 2.75) is 6.54 Å². The number of hydrogen-bond donors (Lipinski definition) is 1. The Morgan fingerprint density at radius 2 is 1.96 bits per heavy atom. The number of allylic oxidation sites excluding steroid dienone is 3. The average molecular weight is 390 g/mol. The number of carbonyl (C=O) groups excluding carboxylic acids is 1. The number of anilines is 1. The molecule has 2 heterocycles. The molecule has 0 bridgehead atoms. The topological polar surface area (TPSA) is 68.5 Å². The third kappa shape index (κ3) is 2.26. The molecule has 6 heteroatoms. The van der Waals surface area contributed by atoms with E-state index in [2.05, 4.69) is 0 Å². The first-order chi connectivity index (χ1) is 13.6. The van der Waals surface area contributed by atoms with Crippen LogP contribution in [0.25, 0.3) is 22.0 Å². The molecular formula is C22H16ClN3O2. The van der Waals surface area contributed by atoms with Gasteiger partial charge in [0.1, 0.15) is 5.75 Å². The van der Waals surface area contributed by atoms with Crippen molar-refractivity contribution in [3.05, 3.63) is 76.6 Å². The number of carbonyl (C=O) groups is 1. The van der Waals surface area contributed by atoms with Gasteiger partial charge in [-0.15, -0.1) is 0 Å². The number of hydrogen-bond acceptors (Lipinski definition) is 4. The van der Waals surface area contributed by atoms with Crippen molar-refractivity contribution in [3.63, 3.8) is 0 Å². The molecule has 2 aromatic carbocycles. The second-order valence-corrected chi connectivity index (χ2v) is 7.12. The molecule has 1 aliphatic heterocycles. The Labute approximate surface area is 166 Å². The molecule has 0 saturated heterocycles. The maximum atomic E-state index is 12.9. The van der Waals surface area contributed by atoms with Gasteiger partial charge in [-0.3, -0.25) is 4.79 Å². The van der Waals surface area contributed by atoms with Gasteiger partial charge in [-0.05, 0) is 24.3 Å². The van der Waals surface area contributed by atoms with Crippen molar-refractivity contribution in [2.24, 2.45) is 0 Å². The molecule has 0 spiro atoms. The van der Waals surface area contributed by atoms with Crippen LogP contribution in [0.2, 0.25) is 5.02 Å². The summed E-state index contributed by atoms with van der Waals surface area (Å²) in [6.45, 7) is 0.401. The number of aromatic nitrogens is 1. The number of benzene rings is 2. The van der Waals surface area contributed by atoms with Crippen LogP contribution in [0.4, 0.5) is 5.69 Å². The first kappa shape index (κ1) is 16.8. The second kappa shape index (κ2) is 6.11. The molecule has 1 aliphatic carbocycles. The second-order valence-electron chi connectivity index (χ2n) is 6.71. The highest BCUT2D eigenvalue weighted by atomic mass is 35.5. The monoisotopic (exact) mass is 389 g/mol. The molecular weight excluding hydrogens is 374 g/mol. The zero-order chi connectivity index (χ0) is 19.4. The van der Waals surface area contributed by atoms with E-state index in [-0.39, 0.29) is 5.91 Å². The van der Waals surface area contributed by atoms with Crippen molar-refractivity contribution < 1.29 is 9.53 Å². The quantitative estimate of drug-likeness (QED) is 0.713. The highest BCUT2D eigenvalue weighted by Crippen LogP contribution is 2.42. The Bertz CT molecular complexity index is 1230. The molecule has 28 heavy (non-hydrogen) atoms. The number of halogens is 1. The Morgan fingerprint density at radius 1 is 1.18 bits per heavy atom. The average Bonchev–Trinajstić information content (AvgIpc) is 2.96. The highest BCUT2D eigenvalue weighted by Gasteiger charge is 2.34. The van der Waals surface area contributed by atoms with Gasteiger partial charge in [-0.25, -0.2) is 4.98 Å². The van der Waals surface area contributed by atoms with Crippen LogP contribution < -0.4 is 10.5 Å². The molecule has 0 atom stereocenters. The SMILES string of the molecule is COc1cccc(Cl)c1-c1cccc2c(N)c3c(nc12)CN(C1=CC=C1)C3=O. The zero-order valence-corrected chi connectivity index (χ0v) is 15.8. The van der Waals surface area contributed by atoms with E-state index in [1.54, 1.807) is 12.0 Å². The maximum Gasteiger partial charge on any atom is 0.262 e. The predicted molar refractivity (Wildman–Crippen MR) is 110 cm³/mol. The molecule has 2 N–H and O–H groups in total.